The van der Waals surface area contributed by atoms with Gasteiger partial charge in [0.1, 0.15) is 0 Å². The summed E-state index contributed by atoms with van der Waals surface area (Å²) in [6, 6.07) is 13.4. The summed E-state index contributed by atoms with van der Waals surface area (Å²) >= 11 is 0. The van der Waals surface area contributed by atoms with E-state index < -0.39 is 35.5 Å². The van der Waals surface area contributed by atoms with E-state index in [1.165, 1.54) is 42.2 Å². The van der Waals surface area contributed by atoms with Gasteiger partial charge in [-0.1, -0.05) is 36.4 Å². The maximum atomic E-state index is 13.9. The molecule has 0 bridgehead atoms. The highest BCUT2D eigenvalue weighted by Crippen LogP contribution is 2.38. The summed E-state index contributed by atoms with van der Waals surface area (Å²) in [5.74, 6) is 0.221. The van der Waals surface area contributed by atoms with E-state index in [4.69, 9.17) is 14.2 Å². The first kappa shape index (κ1) is 29.8. The van der Waals surface area contributed by atoms with Crippen molar-refractivity contribution in [1.29, 1.82) is 0 Å². The first-order valence-electron chi connectivity index (χ1n) is 12.9. The molecule has 2 heterocycles. The number of esters is 1. The third-order valence-corrected chi connectivity index (χ3v) is 7.06. The van der Waals surface area contributed by atoms with Crippen LogP contribution in [0.4, 0.5) is 26.3 Å². The molecule has 13 heteroatoms. The minimum absolute atomic E-state index is 0.0204. The lowest BCUT2D eigenvalue weighted by molar-refractivity contribution is -0.139. The summed E-state index contributed by atoms with van der Waals surface area (Å²) < 4.78 is 98.1. The molecule has 0 saturated carbocycles. The average Bonchev–Trinajstić information content (AvgIpc) is 3.44. The molecule has 0 aromatic heterocycles. The van der Waals surface area contributed by atoms with E-state index >= 15 is 0 Å². The number of carbonyl (C=O) groups excluding carboxylic acids is 1. The largest absolute Gasteiger partial charge is 0.466 e. The second kappa shape index (κ2) is 11.5. The third kappa shape index (κ3) is 6.25. The van der Waals surface area contributed by atoms with Gasteiger partial charge in [-0.05, 0) is 53.9 Å². The van der Waals surface area contributed by atoms with E-state index in [1.54, 1.807) is 18.2 Å². The fraction of sp³-hybridized carbons (Fsp3) is 0.267. The van der Waals surface area contributed by atoms with Gasteiger partial charge in [0.15, 0.2) is 17.5 Å². The Labute approximate surface area is 242 Å². The molecule has 0 spiro atoms. The van der Waals surface area contributed by atoms with Crippen molar-refractivity contribution in [2.75, 3.05) is 13.9 Å². The van der Waals surface area contributed by atoms with Crippen LogP contribution in [0, 0.1) is 0 Å². The van der Waals surface area contributed by atoms with Crippen LogP contribution in [0.15, 0.2) is 83.0 Å². The van der Waals surface area contributed by atoms with Gasteiger partial charge in [-0.2, -0.15) is 26.3 Å². The first-order valence-corrected chi connectivity index (χ1v) is 12.9. The molecular weight excluding hydrogens is 580 g/mol. The Kier molecular flexibility index (Phi) is 8.00. The molecule has 43 heavy (non-hydrogen) atoms. The molecule has 0 amide bonds. The molecule has 1 N–H and O–H groups in total. The van der Waals surface area contributed by atoms with Gasteiger partial charge in [0.05, 0.1) is 42.9 Å². The zero-order chi connectivity index (χ0) is 30.9. The number of methoxy groups -OCH3 is 1. The predicted molar refractivity (Wildman–Crippen MR) is 143 cm³/mol. The topological polar surface area (TPSA) is 72.4 Å². The zero-order valence-corrected chi connectivity index (χ0v) is 22.8. The van der Waals surface area contributed by atoms with Crippen LogP contribution in [0.2, 0.25) is 0 Å². The number of halogens is 6. The summed E-state index contributed by atoms with van der Waals surface area (Å²) in [5.41, 5.74) is -1.08. The number of aliphatic imine (C=N–C) groups is 1. The van der Waals surface area contributed by atoms with Crippen LogP contribution in [-0.2, 0) is 35.0 Å². The number of ether oxygens (including phenoxy) is 3. The highest BCUT2D eigenvalue weighted by molar-refractivity contribution is 5.96. The summed E-state index contributed by atoms with van der Waals surface area (Å²) in [5, 5.41) is 3.01. The van der Waals surface area contributed by atoms with E-state index in [9.17, 15) is 31.1 Å². The third-order valence-electron chi connectivity index (χ3n) is 7.06. The molecule has 7 nitrogen and oxygen atoms in total. The lowest BCUT2D eigenvalue weighted by atomic mass is 9.93. The number of guanidine groups is 1. The van der Waals surface area contributed by atoms with Gasteiger partial charge < -0.3 is 24.4 Å². The van der Waals surface area contributed by atoms with Crippen LogP contribution in [0.1, 0.15) is 40.8 Å². The number of hydrogen-bond acceptors (Lipinski definition) is 5. The van der Waals surface area contributed by atoms with Crippen molar-refractivity contribution in [2.45, 2.75) is 38.4 Å². The number of nitrogens with one attached hydrogen (secondary N) is 1. The Morgan fingerprint density at radius 2 is 1.72 bits per heavy atom. The van der Waals surface area contributed by atoms with Crippen LogP contribution in [0.5, 0.6) is 11.5 Å². The summed E-state index contributed by atoms with van der Waals surface area (Å²) in [4.78, 5) is 19.0. The predicted octanol–water partition coefficient (Wildman–Crippen LogP) is 6.60. The van der Waals surface area contributed by atoms with Crippen LogP contribution < -0.4 is 14.8 Å². The quantitative estimate of drug-likeness (QED) is 0.252. The molecule has 226 valence electrons. The highest BCUT2D eigenvalue weighted by Gasteiger charge is 2.39. The molecule has 2 aliphatic heterocycles. The smallest absolute Gasteiger partial charge is 0.416 e. The number of fused-ring (bicyclic) bond motifs is 1. The van der Waals surface area contributed by atoms with Crippen LogP contribution >= 0.6 is 0 Å². The van der Waals surface area contributed by atoms with Crippen molar-refractivity contribution in [2.24, 2.45) is 4.99 Å². The molecule has 0 fully saturated rings. The van der Waals surface area contributed by atoms with Crippen LogP contribution in [0.25, 0.3) is 0 Å². The molecule has 0 radical (unpaired) electrons. The van der Waals surface area contributed by atoms with Crippen molar-refractivity contribution < 1.29 is 45.3 Å². The Hall–Kier alpha value is -4.68. The molecule has 2 aliphatic rings. The van der Waals surface area contributed by atoms with E-state index in [0.29, 0.717) is 17.1 Å². The Morgan fingerprint density at radius 1 is 0.977 bits per heavy atom. The fourth-order valence-corrected chi connectivity index (χ4v) is 4.95. The maximum Gasteiger partial charge on any atom is 0.416 e. The number of benzene rings is 3. The highest BCUT2D eigenvalue weighted by atomic mass is 19.4. The van der Waals surface area contributed by atoms with E-state index in [1.807, 2.05) is 0 Å². The molecule has 1 unspecified atom stereocenters. The summed E-state index contributed by atoms with van der Waals surface area (Å²) in [7, 11) is 1.11. The van der Waals surface area contributed by atoms with Crippen molar-refractivity contribution in [3.8, 4) is 11.5 Å². The maximum absolute atomic E-state index is 13.9. The molecule has 3 aromatic rings. The van der Waals surface area contributed by atoms with Gasteiger partial charge in [0, 0.05) is 5.70 Å². The van der Waals surface area contributed by atoms with Crippen molar-refractivity contribution >= 4 is 11.9 Å². The normalized spacial score (nSPS) is 17.7. The Balaban J connectivity index is 1.62. The number of hydrogen-bond donors (Lipinski definition) is 1. The average molecular weight is 606 g/mol. The lowest BCUT2D eigenvalue weighted by Gasteiger charge is -2.38. The number of nitrogens with zero attached hydrogens (tertiary/aromatic N) is 2. The van der Waals surface area contributed by atoms with Gasteiger partial charge in [-0.3, -0.25) is 0 Å². The molecule has 1 atom stereocenters. The van der Waals surface area contributed by atoms with Crippen molar-refractivity contribution in [3.05, 3.63) is 106 Å². The van der Waals surface area contributed by atoms with E-state index in [-0.39, 0.29) is 48.2 Å². The van der Waals surface area contributed by atoms with Gasteiger partial charge in [0.2, 0.25) is 6.79 Å². The minimum Gasteiger partial charge on any atom is -0.466 e. The number of carbonyl (C=O) groups is 1. The Morgan fingerprint density at radius 3 is 2.44 bits per heavy atom. The van der Waals surface area contributed by atoms with Crippen molar-refractivity contribution in [1.82, 2.24) is 10.2 Å². The van der Waals surface area contributed by atoms with Crippen LogP contribution in [0.3, 0.4) is 0 Å². The van der Waals surface area contributed by atoms with Gasteiger partial charge >= 0.3 is 18.3 Å². The second-order valence-electron chi connectivity index (χ2n) is 9.76. The SMILES string of the molecule is COC(=O)C1=C(C)N(Cc2ccccc2C(F)(F)F)C(=NCc2ccc3c(c2)OCO3)NC1c1cccc(C(F)(F)F)c1. The van der Waals surface area contributed by atoms with E-state index in [0.717, 1.165) is 25.3 Å². The number of allylic oxidation sites excluding steroid dienone is 1. The molecule has 5 rings (SSSR count). The fourth-order valence-electron chi connectivity index (χ4n) is 4.95. The molecule has 0 aliphatic carbocycles. The number of alkyl halides is 6. The molecule has 0 saturated heterocycles. The minimum atomic E-state index is -4.66. The summed E-state index contributed by atoms with van der Waals surface area (Å²) in [6.07, 6.45) is -9.31. The second-order valence-corrected chi connectivity index (χ2v) is 9.76. The standard InChI is InChI=1S/C30H25F6N3O4/c1-17-25(27(40)41-2)26(19-7-5-8-21(13-19)29(31,32)33)38-28(37-14-18-10-11-23-24(12-18)43-16-42-23)39(17)15-20-6-3-4-9-22(20)30(34,35)36/h3-13,26H,14-16H2,1-2H3,(H,37,38). The van der Waals surface area contributed by atoms with Gasteiger partial charge in [-0.15, -0.1) is 0 Å². The van der Waals surface area contributed by atoms with Crippen molar-refractivity contribution in [3.63, 3.8) is 0 Å². The molecule has 3 aromatic carbocycles. The van der Waals surface area contributed by atoms with E-state index in [2.05, 4.69) is 10.3 Å². The Bertz CT molecular complexity index is 1600. The molecular formula is C30H25F6N3O4. The van der Waals surface area contributed by atoms with Crippen LogP contribution in [-0.4, -0.2) is 30.7 Å². The number of rotatable bonds is 6. The monoisotopic (exact) mass is 605 g/mol. The van der Waals surface area contributed by atoms with Gasteiger partial charge in [-0.25, -0.2) is 9.79 Å². The zero-order valence-electron chi connectivity index (χ0n) is 22.8. The van der Waals surface area contributed by atoms with Gasteiger partial charge in [0.25, 0.3) is 0 Å². The summed E-state index contributed by atoms with van der Waals surface area (Å²) in [6.45, 7) is 1.21. The first-order chi connectivity index (χ1) is 20.4. The lowest BCUT2D eigenvalue weighted by Crippen LogP contribution is -2.49.